The molecule has 1 atom stereocenters. The molecule has 1 aromatic carbocycles. The first-order chi connectivity index (χ1) is 11.2. The second-order valence-electron chi connectivity index (χ2n) is 5.41. The van der Waals surface area contributed by atoms with Crippen LogP contribution in [0.25, 0.3) is 0 Å². The Morgan fingerprint density at radius 2 is 2.22 bits per heavy atom. The number of nitrogens with zero attached hydrogens (tertiary/aromatic N) is 1. The van der Waals surface area contributed by atoms with Gasteiger partial charge < -0.3 is 14.2 Å². The zero-order valence-electron chi connectivity index (χ0n) is 13.2. The minimum Gasteiger partial charge on any atom is -0.495 e. The molecule has 2 aromatic rings. The molecule has 1 aliphatic rings. The highest BCUT2D eigenvalue weighted by Gasteiger charge is 2.25. The first-order valence-corrected chi connectivity index (χ1v) is 7.64. The molecule has 0 radical (unpaired) electrons. The number of fused-ring (bicyclic) bond motifs is 1. The minimum absolute atomic E-state index is 0.0504. The number of hydrogen-bond donors (Lipinski definition) is 0. The third-order valence-corrected chi connectivity index (χ3v) is 3.90. The summed E-state index contributed by atoms with van der Waals surface area (Å²) in [4.78, 5) is 16.1. The van der Waals surface area contributed by atoms with Gasteiger partial charge in [0.1, 0.15) is 30.0 Å². The highest BCUT2D eigenvalue weighted by atomic mass is 16.5. The normalized spacial score (nSPS) is 16.4. The van der Waals surface area contributed by atoms with Crippen LogP contribution in [0.1, 0.15) is 35.7 Å². The van der Waals surface area contributed by atoms with Gasteiger partial charge in [-0.1, -0.05) is 6.92 Å². The maximum atomic E-state index is 12.1. The van der Waals surface area contributed by atoms with Crippen molar-refractivity contribution >= 4 is 5.78 Å². The van der Waals surface area contributed by atoms with Gasteiger partial charge >= 0.3 is 0 Å². The molecule has 0 fully saturated rings. The topological polar surface area (TPSA) is 57.7 Å². The molecule has 0 unspecified atom stereocenters. The molecule has 23 heavy (non-hydrogen) atoms. The summed E-state index contributed by atoms with van der Waals surface area (Å²) in [5, 5.41) is 0. The van der Waals surface area contributed by atoms with Crippen LogP contribution in [0, 0.1) is 0 Å². The minimum atomic E-state index is -0.0504. The average Bonchev–Trinajstić information content (AvgIpc) is 2.59. The number of rotatable bonds is 5. The molecule has 1 aromatic heterocycles. The van der Waals surface area contributed by atoms with Crippen molar-refractivity contribution in [1.82, 2.24) is 4.98 Å². The highest BCUT2D eigenvalue weighted by molar-refractivity contribution is 6.00. The number of carbonyl (C=O) groups is 1. The molecule has 0 aliphatic carbocycles. The molecule has 0 spiro atoms. The third kappa shape index (κ3) is 3.28. The quantitative estimate of drug-likeness (QED) is 0.846. The van der Waals surface area contributed by atoms with Crippen LogP contribution in [-0.4, -0.2) is 24.0 Å². The van der Waals surface area contributed by atoms with Gasteiger partial charge in [-0.05, 0) is 24.6 Å². The molecule has 0 saturated carbocycles. The predicted molar refractivity (Wildman–Crippen MR) is 85.2 cm³/mol. The van der Waals surface area contributed by atoms with Crippen molar-refractivity contribution in [1.29, 1.82) is 0 Å². The Labute approximate surface area is 135 Å². The number of Topliss-reactive ketones (excluding diaryl/α,β-unsaturated/α-hetero) is 1. The van der Waals surface area contributed by atoms with E-state index in [1.165, 1.54) is 0 Å². The van der Waals surface area contributed by atoms with Crippen LogP contribution in [0.15, 0.2) is 36.7 Å². The lowest BCUT2D eigenvalue weighted by atomic mass is 9.99. The van der Waals surface area contributed by atoms with Crippen molar-refractivity contribution in [3.63, 3.8) is 0 Å². The fourth-order valence-electron chi connectivity index (χ4n) is 2.56. The van der Waals surface area contributed by atoms with E-state index in [0.717, 1.165) is 12.0 Å². The van der Waals surface area contributed by atoms with E-state index in [1.54, 1.807) is 37.7 Å². The molecule has 0 bridgehead atoms. The van der Waals surface area contributed by atoms with E-state index in [-0.39, 0.29) is 11.9 Å². The van der Waals surface area contributed by atoms with Crippen LogP contribution in [0.2, 0.25) is 0 Å². The van der Waals surface area contributed by atoms with Crippen molar-refractivity contribution in [2.24, 2.45) is 0 Å². The lowest BCUT2D eigenvalue weighted by molar-refractivity contribution is 0.0845. The summed E-state index contributed by atoms with van der Waals surface area (Å²) < 4.78 is 16.9. The van der Waals surface area contributed by atoms with Gasteiger partial charge in [0, 0.05) is 24.2 Å². The fourth-order valence-corrected chi connectivity index (χ4v) is 2.56. The van der Waals surface area contributed by atoms with Crippen LogP contribution in [-0.2, 0) is 6.61 Å². The molecule has 0 saturated heterocycles. The highest BCUT2D eigenvalue weighted by Crippen LogP contribution is 2.32. The first-order valence-electron chi connectivity index (χ1n) is 7.64. The SMILES string of the molecule is CC[C@@H]1CC(=O)c2ccc(OCc3ccncc3OC)cc2O1. The largest absolute Gasteiger partial charge is 0.495 e. The average molecular weight is 313 g/mol. The van der Waals surface area contributed by atoms with Crippen molar-refractivity contribution in [3.05, 3.63) is 47.8 Å². The number of ether oxygens (including phenoxy) is 3. The van der Waals surface area contributed by atoms with Crippen LogP contribution >= 0.6 is 0 Å². The number of methoxy groups -OCH3 is 1. The summed E-state index contributed by atoms with van der Waals surface area (Å²) in [6.45, 7) is 2.37. The Balaban J connectivity index is 1.76. The van der Waals surface area contributed by atoms with Gasteiger partial charge in [0.05, 0.1) is 18.9 Å². The summed E-state index contributed by atoms with van der Waals surface area (Å²) in [6.07, 6.45) is 4.55. The molecule has 2 heterocycles. The zero-order chi connectivity index (χ0) is 16.2. The molecule has 0 amide bonds. The van der Waals surface area contributed by atoms with Crippen molar-refractivity contribution < 1.29 is 19.0 Å². The maximum Gasteiger partial charge on any atom is 0.170 e. The number of carbonyl (C=O) groups excluding carboxylic acids is 1. The molecule has 5 heteroatoms. The van der Waals surface area contributed by atoms with E-state index in [4.69, 9.17) is 14.2 Å². The van der Waals surface area contributed by atoms with E-state index in [1.807, 2.05) is 13.0 Å². The standard InChI is InChI=1S/C18H19NO4/c1-3-13-8-16(20)15-5-4-14(9-17(15)23-13)22-11-12-6-7-19-10-18(12)21-2/h4-7,9-10,13H,3,8,11H2,1-2H3/t13-/m1/s1. The second-order valence-corrected chi connectivity index (χ2v) is 5.41. The van der Waals surface area contributed by atoms with Gasteiger partial charge in [-0.15, -0.1) is 0 Å². The summed E-state index contributed by atoms with van der Waals surface area (Å²) in [5.41, 5.74) is 1.53. The molecule has 120 valence electrons. The van der Waals surface area contributed by atoms with Crippen molar-refractivity contribution in [2.75, 3.05) is 7.11 Å². The van der Waals surface area contributed by atoms with Crippen LogP contribution in [0.3, 0.4) is 0 Å². The Bertz CT molecular complexity index is 714. The zero-order valence-corrected chi connectivity index (χ0v) is 13.2. The monoisotopic (exact) mass is 313 g/mol. The Morgan fingerprint density at radius 1 is 1.35 bits per heavy atom. The third-order valence-electron chi connectivity index (χ3n) is 3.90. The number of benzene rings is 1. The van der Waals surface area contributed by atoms with Gasteiger partial charge in [0.15, 0.2) is 5.78 Å². The van der Waals surface area contributed by atoms with Gasteiger partial charge in [0.2, 0.25) is 0 Å². The van der Waals surface area contributed by atoms with Crippen LogP contribution in [0.4, 0.5) is 0 Å². The molecular weight excluding hydrogens is 294 g/mol. The molecule has 3 rings (SSSR count). The summed E-state index contributed by atoms with van der Waals surface area (Å²) in [6, 6.07) is 7.19. The summed E-state index contributed by atoms with van der Waals surface area (Å²) in [5.74, 6) is 2.07. The predicted octanol–water partition coefficient (Wildman–Crippen LogP) is 3.41. The number of ketones is 1. The summed E-state index contributed by atoms with van der Waals surface area (Å²) >= 11 is 0. The van der Waals surface area contributed by atoms with Crippen LogP contribution in [0.5, 0.6) is 17.2 Å². The van der Waals surface area contributed by atoms with Gasteiger partial charge in [-0.25, -0.2) is 0 Å². The smallest absolute Gasteiger partial charge is 0.170 e. The maximum absolute atomic E-state index is 12.1. The molecule has 1 aliphatic heterocycles. The number of hydrogen-bond acceptors (Lipinski definition) is 5. The van der Waals surface area contributed by atoms with Crippen molar-refractivity contribution in [3.8, 4) is 17.2 Å². The van der Waals surface area contributed by atoms with Gasteiger partial charge in [-0.3, -0.25) is 9.78 Å². The second kappa shape index (κ2) is 6.69. The van der Waals surface area contributed by atoms with E-state index < -0.39 is 0 Å². The van der Waals surface area contributed by atoms with E-state index in [2.05, 4.69) is 4.98 Å². The Hall–Kier alpha value is -2.56. The Morgan fingerprint density at radius 3 is 3.00 bits per heavy atom. The first kappa shape index (κ1) is 15.3. The van der Waals surface area contributed by atoms with E-state index >= 15 is 0 Å². The Kier molecular flexibility index (Phi) is 4.46. The summed E-state index contributed by atoms with van der Waals surface area (Å²) in [7, 11) is 1.60. The van der Waals surface area contributed by atoms with E-state index in [9.17, 15) is 4.79 Å². The molecular formula is C18H19NO4. The molecule has 0 N–H and O–H groups in total. The molecule has 5 nitrogen and oxygen atoms in total. The van der Waals surface area contributed by atoms with Crippen LogP contribution < -0.4 is 14.2 Å². The fraction of sp³-hybridized carbons (Fsp3) is 0.333. The van der Waals surface area contributed by atoms with Gasteiger partial charge in [0.25, 0.3) is 0 Å². The lowest BCUT2D eigenvalue weighted by Gasteiger charge is -2.24. The van der Waals surface area contributed by atoms with Gasteiger partial charge in [-0.2, -0.15) is 0 Å². The number of pyridine rings is 1. The number of aromatic nitrogens is 1. The van der Waals surface area contributed by atoms with E-state index in [0.29, 0.717) is 35.8 Å². The van der Waals surface area contributed by atoms with Crippen molar-refractivity contribution in [2.45, 2.75) is 32.5 Å². The lowest BCUT2D eigenvalue weighted by Crippen LogP contribution is -2.26.